The fraction of sp³-hybridized carbons (Fsp3) is 0.412. The first-order valence-corrected chi connectivity index (χ1v) is 8.15. The Morgan fingerprint density at radius 3 is 2.44 bits per heavy atom. The first-order chi connectivity index (χ1) is 12.0. The lowest BCUT2D eigenvalue weighted by atomic mass is 10.2. The Bertz CT molecular complexity index is 819. The van der Waals surface area contributed by atoms with Crippen LogP contribution in [0.1, 0.15) is 29.2 Å². The van der Waals surface area contributed by atoms with E-state index in [1.54, 1.807) is 41.8 Å². The molecule has 1 atom stereocenters. The summed E-state index contributed by atoms with van der Waals surface area (Å²) in [5.41, 5.74) is 0.367. The molecule has 0 bridgehead atoms. The van der Waals surface area contributed by atoms with Crippen molar-refractivity contribution in [1.29, 1.82) is 0 Å². The van der Waals surface area contributed by atoms with Crippen molar-refractivity contribution in [3.63, 3.8) is 0 Å². The summed E-state index contributed by atoms with van der Waals surface area (Å²) in [6.45, 7) is 5.11. The standard InChI is InChI=1S/C17H20N4O4/c1-12-5-6-15(22)21(18-12)13(2)16(23)19-7-9-20(10-8-19)17(24)14-4-3-11-25-14/h3-6,11,13H,7-10H2,1-2H3. The monoisotopic (exact) mass is 344 g/mol. The minimum atomic E-state index is -0.681. The molecule has 1 saturated heterocycles. The van der Waals surface area contributed by atoms with E-state index in [1.165, 1.54) is 17.0 Å². The third-order valence-electron chi connectivity index (χ3n) is 4.29. The topological polar surface area (TPSA) is 88.7 Å². The number of hydrogen-bond acceptors (Lipinski definition) is 5. The van der Waals surface area contributed by atoms with Crippen molar-refractivity contribution in [3.05, 3.63) is 52.3 Å². The first kappa shape index (κ1) is 16.9. The number of carbonyl (C=O) groups excluding carboxylic acids is 2. The van der Waals surface area contributed by atoms with Gasteiger partial charge in [-0.2, -0.15) is 5.10 Å². The van der Waals surface area contributed by atoms with Gasteiger partial charge in [-0.15, -0.1) is 0 Å². The lowest BCUT2D eigenvalue weighted by Crippen LogP contribution is -2.52. The number of carbonyl (C=O) groups is 2. The van der Waals surface area contributed by atoms with E-state index in [1.807, 2.05) is 0 Å². The van der Waals surface area contributed by atoms with E-state index in [-0.39, 0.29) is 17.4 Å². The van der Waals surface area contributed by atoms with E-state index in [2.05, 4.69) is 5.10 Å². The van der Waals surface area contributed by atoms with Gasteiger partial charge < -0.3 is 14.2 Å². The van der Waals surface area contributed by atoms with Crippen LogP contribution in [0.4, 0.5) is 0 Å². The van der Waals surface area contributed by atoms with E-state index < -0.39 is 6.04 Å². The van der Waals surface area contributed by atoms with Gasteiger partial charge in [0.05, 0.1) is 12.0 Å². The second kappa shape index (κ2) is 6.92. The molecule has 25 heavy (non-hydrogen) atoms. The highest BCUT2D eigenvalue weighted by molar-refractivity contribution is 5.91. The van der Waals surface area contributed by atoms with Crippen molar-refractivity contribution in [2.75, 3.05) is 26.2 Å². The van der Waals surface area contributed by atoms with Crippen molar-refractivity contribution in [2.45, 2.75) is 19.9 Å². The minimum Gasteiger partial charge on any atom is -0.459 e. The molecule has 0 N–H and O–H groups in total. The van der Waals surface area contributed by atoms with Crippen molar-refractivity contribution in [3.8, 4) is 0 Å². The smallest absolute Gasteiger partial charge is 0.289 e. The van der Waals surface area contributed by atoms with Crippen LogP contribution in [-0.4, -0.2) is 57.6 Å². The largest absolute Gasteiger partial charge is 0.459 e. The third kappa shape index (κ3) is 3.47. The molecule has 1 fully saturated rings. The van der Waals surface area contributed by atoms with Crippen LogP contribution in [0.5, 0.6) is 0 Å². The lowest BCUT2D eigenvalue weighted by Gasteiger charge is -2.35. The highest BCUT2D eigenvalue weighted by atomic mass is 16.3. The number of rotatable bonds is 3. The fourth-order valence-electron chi connectivity index (χ4n) is 2.85. The summed E-state index contributed by atoms with van der Waals surface area (Å²) in [5, 5.41) is 4.15. The van der Waals surface area contributed by atoms with Crippen LogP contribution in [0, 0.1) is 6.92 Å². The Labute approximate surface area is 144 Å². The molecule has 1 unspecified atom stereocenters. The maximum absolute atomic E-state index is 12.7. The molecule has 8 heteroatoms. The number of aromatic nitrogens is 2. The molecule has 0 saturated carbocycles. The zero-order valence-corrected chi connectivity index (χ0v) is 14.2. The second-order valence-electron chi connectivity index (χ2n) is 6.03. The number of hydrogen-bond donors (Lipinski definition) is 0. The molecular weight excluding hydrogens is 324 g/mol. The molecular formula is C17H20N4O4. The zero-order valence-electron chi connectivity index (χ0n) is 14.2. The minimum absolute atomic E-state index is 0.176. The van der Waals surface area contributed by atoms with Crippen LogP contribution < -0.4 is 5.56 Å². The van der Waals surface area contributed by atoms with E-state index in [9.17, 15) is 14.4 Å². The average Bonchev–Trinajstić information content (AvgIpc) is 3.16. The number of aryl methyl sites for hydroxylation is 1. The summed E-state index contributed by atoms with van der Waals surface area (Å²) in [6, 6.07) is 5.64. The van der Waals surface area contributed by atoms with Gasteiger partial charge in [-0.25, -0.2) is 4.68 Å². The van der Waals surface area contributed by atoms with Crippen LogP contribution in [0.25, 0.3) is 0 Å². The van der Waals surface area contributed by atoms with E-state index in [0.717, 1.165) is 0 Å². The van der Waals surface area contributed by atoms with Gasteiger partial charge in [-0.3, -0.25) is 14.4 Å². The summed E-state index contributed by atoms with van der Waals surface area (Å²) < 4.78 is 6.33. The average molecular weight is 344 g/mol. The van der Waals surface area contributed by atoms with E-state index in [4.69, 9.17) is 4.42 Å². The molecule has 1 aliphatic rings. The fourth-order valence-corrected chi connectivity index (χ4v) is 2.85. The van der Waals surface area contributed by atoms with Crippen molar-refractivity contribution in [1.82, 2.24) is 19.6 Å². The van der Waals surface area contributed by atoms with Crippen LogP contribution >= 0.6 is 0 Å². The van der Waals surface area contributed by atoms with Crippen LogP contribution in [0.2, 0.25) is 0 Å². The highest BCUT2D eigenvalue weighted by Crippen LogP contribution is 2.13. The Morgan fingerprint density at radius 2 is 1.80 bits per heavy atom. The zero-order chi connectivity index (χ0) is 18.0. The Balaban J connectivity index is 1.64. The van der Waals surface area contributed by atoms with Crippen LogP contribution in [0.3, 0.4) is 0 Å². The summed E-state index contributed by atoms with van der Waals surface area (Å²) in [5.74, 6) is -0.0596. The Morgan fingerprint density at radius 1 is 1.12 bits per heavy atom. The maximum Gasteiger partial charge on any atom is 0.289 e. The molecule has 0 aromatic carbocycles. The van der Waals surface area contributed by atoms with Gasteiger partial charge in [0.25, 0.3) is 11.5 Å². The summed E-state index contributed by atoms with van der Waals surface area (Å²) in [6.07, 6.45) is 1.46. The molecule has 132 valence electrons. The van der Waals surface area contributed by atoms with Crippen LogP contribution in [-0.2, 0) is 4.79 Å². The van der Waals surface area contributed by atoms with Gasteiger partial charge in [0.2, 0.25) is 5.91 Å². The molecule has 2 amide bonds. The Kier molecular flexibility index (Phi) is 4.69. The molecule has 3 heterocycles. The summed E-state index contributed by atoms with van der Waals surface area (Å²) in [7, 11) is 0. The van der Waals surface area contributed by atoms with Gasteiger partial charge >= 0.3 is 0 Å². The van der Waals surface area contributed by atoms with Crippen molar-refractivity contribution in [2.24, 2.45) is 0 Å². The number of piperazine rings is 1. The molecule has 0 spiro atoms. The van der Waals surface area contributed by atoms with Crippen molar-refractivity contribution < 1.29 is 14.0 Å². The van der Waals surface area contributed by atoms with E-state index in [0.29, 0.717) is 37.6 Å². The van der Waals surface area contributed by atoms with Crippen LogP contribution in [0.15, 0.2) is 39.7 Å². The van der Waals surface area contributed by atoms with Gasteiger partial charge in [0, 0.05) is 32.2 Å². The molecule has 2 aromatic rings. The van der Waals surface area contributed by atoms with Gasteiger partial charge in [0.15, 0.2) is 5.76 Å². The second-order valence-corrected chi connectivity index (χ2v) is 6.03. The maximum atomic E-state index is 12.7. The quantitative estimate of drug-likeness (QED) is 0.817. The molecule has 0 aliphatic carbocycles. The highest BCUT2D eigenvalue weighted by Gasteiger charge is 2.29. The number of amides is 2. The summed E-state index contributed by atoms with van der Waals surface area (Å²) in [4.78, 5) is 40.2. The first-order valence-electron chi connectivity index (χ1n) is 8.15. The predicted octanol–water partition coefficient (Wildman–Crippen LogP) is 0.690. The SMILES string of the molecule is Cc1ccc(=O)n(C(C)C(=O)N2CCN(C(=O)c3ccco3)CC2)n1. The number of nitrogens with zero attached hydrogens (tertiary/aromatic N) is 4. The Hall–Kier alpha value is -2.90. The molecule has 8 nitrogen and oxygen atoms in total. The van der Waals surface area contributed by atoms with Gasteiger partial charge in [0.1, 0.15) is 6.04 Å². The van der Waals surface area contributed by atoms with Gasteiger partial charge in [-0.05, 0) is 32.0 Å². The normalized spacial score (nSPS) is 15.9. The molecule has 3 rings (SSSR count). The molecule has 0 radical (unpaired) electrons. The molecule has 1 aliphatic heterocycles. The third-order valence-corrected chi connectivity index (χ3v) is 4.29. The molecule has 2 aromatic heterocycles. The predicted molar refractivity (Wildman–Crippen MR) is 89.1 cm³/mol. The van der Waals surface area contributed by atoms with Gasteiger partial charge in [-0.1, -0.05) is 0 Å². The lowest BCUT2D eigenvalue weighted by molar-refractivity contribution is -0.136. The number of furan rings is 1. The summed E-state index contributed by atoms with van der Waals surface area (Å²) >= 11 is 0. The van der Waals surface area contributed by atoms with E-state index >= 15 is 0 Å². The van der Waals surface area contributed by atoms with Crippen molar-refractivity contribution >= 4 is 11.8 Å².